The summed E-state index contributed by atoms with van der Waals surface area (Å²) in [4.78, 5) is 2.35. The first-order valence-electron chi connectivity index (χ1n) is 21.2. The first-order valence-corrected chi connectivity index (χ1v) is 21.2. The van der Waals surface area contributed by atoms with Crippen molar-refractivity contribution in [3.63, 3.8) is 0 Å². The van der Waals surface area contributed by atoms with Crippen molar-refractivity contribution in [2.45, 2.75) is 0 Å². The lowest BCUT2D eigenvalue weighted by Crippen LogP contribution is -2.09. The number of benzene rings is 11. The third-order valence-corrected chi connectivity index (χ3v) is 12.5. The van der Waals surface area contributed by atoms with Gasteiger partial charge in [0, 0.05) is 27.8 Å². The minimum Gasteiger partial charge on any atom is -0.456 e. The number of nitrogens with zero attached hydrogens (tertiary/aromatic N) is 1. The zero-order valence-electron chi connectivity index (χ0n) is 33.9. The van der Waals surface area contributed by atoms with Crippen molar-refractivity contribution in [1.29, 1.82) is 0 Å². The van der Waals surface area contributed by atoms with E-state index < -0.39 is 0 Å². The summed E-state index contributed by atoms with van der Waals surface area (Å²) in [6.07, 6.45) is 0. The maximum absolute atomic E-state index is 6.25. The Hall–Kier alpha value is -8.20. The van der Waals surface area contributed by atoms with Gasteiger partial charge in [-0.2, -0.15) is 0 Å². The summed E-state index contributed by atoms with van der Waals surface area (Å²) in [6, 6.07) is 85.4. The number of hydrogen-bond donors (Lipinski definition) is 0. The maximum Gasteiger partial charge on any atom is 0.136 e. The van der Waals surface area contributed by atoms with E-state index in [1.165, 1.54) is 65.7 Å². The Kier molecular flexibility index (Phi) is 8.53. The van der Waals surface area contributed by atoms with Crippen molar-refractivity contribution in [2.24, 2.45) is 0 Å². The fourth-order valence-electron chi connectivity index (χ4n) is 9.46. The molecule has 0 aliphatic carbocycles. The van der Waals surface area contributed by atoms with Gasteiger partial charge in [-0.15, -0.1) is 0 Å². The van der Waals surface area contributed by atoms with E-state index >= 15 is 0 Å². The highest BCUT2D eigenvalue weighted by molar-refractivity contribution is 6.13. The lowest BCUT2D eigenvalue weighted by Gasteiger charge is -2.26. The van der Waals surface area contributed by atoms with Crippen LogP contribution >= 0.6 is 0 Å². The molecular formula is C60H39NO. The summed E-state index contributed by atoms with van der Waals surface area (Å²) < 4.78 is 6.25. The first-order chi connectivity index (χ1) is 30.7. The van der Waals surface area contributed by atoms with Crippen molar-refractivity contribution >= 4 is 71.3 Å². The van der Waals surface area contributed by atoms with Gasteiger partial charge < -0.3 is 9.32 Å². The smallest absolute Gasteiger partial charge is 0.136 e. The molecule has 12 aromatic rings. The SMILES string of the molecule is c1ccc2c(-c3ccc(-c4ccc(N(c5ccc(-c6cccc7c6ccc6ccccc67)cc5)c5ccc(-c6cccc7oc8ccccc8c67)cc5)cc4)cc3)cccc2c1. The predicted octanol–water partition coefficient (Wildman–Crippen LogP) is 17.2. The van der Waals surface area contributed by atoms with Gasteiger partial charge in [-0.25, -0.2) is 0 Å². The molecule has 0 radical (unpaired) electrons. The first kappa shape index (κ1) is 35.7. The number of fused-ring (bicyclic) bond motifs is 7. The van der Waals surface area contributed by atoms with Gasteiger partial charge in [-0.1, -0.05) is 188 Å². The van der Waals surface area contributed by atoms with Crippen LogP contribution in [0.4, 0.5) is 17.1 Å². The molecule has 0 fully saturated rings. The molecule has 12 rings (SSSR count). The maximum atomic E-state index is 6.25. The summed E-state index contributed by atoms with van der Waals surface area (Å²) >= 11 is 0. The van der Waals surface area contributed by atoms with Gasteiger partial charge in [0.2, 0.25) is 0 Å². The predicted molar refractivity (Wildman–Crippen MR) is 263 cm³/mol. The third-order valence-electron chi connectivity index (χ3n) is 12.5. The van der Waals surface area contributed by atoms with Gasteiger partial charge in [0.1, 0.15) is 11.2 Å². The Morgan fingerprint density at radius 1 is 0.242 bits per heavy atom. The van der Waals surface area contributed by atoms with Crippen LogP contribution in [0.2, 0.25) is 0 Å². The van der Waals surface area contributed by atoms with E-state index in [2.05, 4.69) is 229 Å². The van der Waals surface area contributed by atoms with E-state index in [0.29, 0.717) is 0 Å². The topological polar surface area (TPSA) is 16.4 Å². The van der Waals surface area contributed by atoms with E-state index in [-0.39, 0.29) is 0 Å². The van der Waals surface area contributed by atoms with E-state index in [9.17, 15) is 0 Å². The number of hydrogen-bond acceptors (Lipinski definition) is 2. The third kappa shape index (κ3) is 6.12. The molecule has 1 heterocycles. The minimum absolute atomic E-state index is 0.900. The average Bonchev–Trinajstić information content (AvgIpc) is 3.74. The van der Waals surface area contributed by atoms with Crippen LogP contribution in [0.5, 0.6) is 0 Å². The van der Waals surface area contributed by atoms with E-state index in [0.717, 1.165) is 50.1 Å². The second-order valence-corrected chi connectivity index (χ2v) is 16.0. The molecule has 0 saturated heterocycles. The molecule has 2 heteroatoms. The molecule has 0 bridgehead atoms. The van der Waals surface area contributed by atoms with Crippen LogP contribution in [0.1, 0.15) is 0 Å². The van der Waals surface area contributed by atoms with E-state index in [1.54, 1.807) is 0 Å². The molecular weight excluding hydrogens is 751 g/mol. The molecule has 0 unspecified atom stereocenters. The second kappa shape index (κ2) is 14.8. The highest BCUT2D eigenvalue weighted by atomic mass is 16.3. The summed E-state index contributed by atoms with van der Waals surface area (Å²) in [5.41, 5.74) is 14.6. The summed E-state index contributed by atoms with van der Waals surface area (Å²) in [6.45, 7) is 0. The molecule has 62 heavy (non-hydrogen) atoms. The monoisotopic (exact) mass is 789 g/mol. The van der Waals surface area contributed by atoms with Gasteiger partial charge in [0.05, 0.1) is 0 Å². The average molecular weight is 790 g/mol. The van der Waals surface area contributed by atoms with Crippen molar-refractivity contribution in [3.05, 3.63) is 237 Å². The normalized spacial score (nSPS) is 11.5. The molecule has 11 aromatic carbocycles. The van der Waals surface area contributed by atoms with Crippen molar-refractivity contribution in [1.82, 2.24) is 0 Å². The largest absolute Gasteiger partial charge is 0.456 e. The highest BCUT2D eigenvalue weighted by Crippen LogP contribution is 2.41. The Labute approximate surface area is 360 Å². The van der Waals surface area contributed by atoms with Crippen LogP contribution in [0.25, 0.3) is 98.8 Å². The molecule has 0 aliphatic rings. The number of anilines is 3. The second-order valence-electron chi connectivity index (χ2n) is 16.0. The molecule has 0 spiro atoms. The van der Waals surface area contributed by atoms with E-state index in [4.69, 9.17) is 4.42 Å². The lowest BCUT2D eigenvalue weighted by molar-refractivity contribution is 0.669. The van der Waals surface area contributed by atoms with Crippen LogP contribution in [0, 0.1) is 0 Å². The molecule has 0 atom stereocenters. The Bertz CT molecular complexity index is 3590. The van der Waals surface area contributed by atoms with Gasteiger partial charge in [-0.3, -0.25) is 0 Å². The Morgan fingerprint density at radius 2 is 0.661 bits per heavy atom. The van der Waals surface area contributed by atoms with Crippen LogP contribution in [-0.4, -0.2) is 0 Å². The molecule has 0 aliphatic heterocycles. The lowest BCUT2D eigenvalue weighted by atomic mass is 9.94. The van der Waals surface area contributed by atoms with Crippen LogP contribution in [-0.2, 0) is 0 Å². The Morgan fingerprint density at radius 3 is 1.34 bits per heavy atom. The van der Waals surface area contributed by atoms with Crippen LogP contribution in [0.3, 0.4) is 0 Å². The minimum atomic E-state index is 0.900. The number of furan rings is 1. The van der Waals surface area contributed by atoms with Gasteiger partial charge in [-0.05, 0) is 125 Å². The summed E-state index contributed by atoms with van der Waals surface area (Å²) in [7, 11) is 0. The van der Waals surface area contributed by atoms with Crippen molar-refractivity contribution in [2.75, 3.05) is 4.90 Å². The highest BCUT2D eigenvalue weighted by Gasteiger charge is 2.17. The zero-order chi connectivity index (χ0) is 41.0. The number of rotatable bonds is 7. The van der Waals surface area contributed by atoms with Crippen molar-refractivity contribution < 1.29 is 4.42 Å². The number of para-hydroxylation sites is 1. The zero-order valence-corrected chi connectivity index (χ0v) is 33.9. The molecule has 0 saturated carbocycles. The fraction of sp³-hybridized carbons (Fsp3) is 0. The summed E-state index contributed by atoms with van der Waals surface area (Å²) in [5, 5.41) is 9.86. The van der Waals surface area contributed by atoms with Crippen LogP contribution in [0.15, 0.2) is 241 Å². The molecule has 0 N–H and O–H groups in total. The van der Waals surface area contributed by atoms with E-state index in [1.807, 2.05) is 12.1 Å². The molecule has 0 amide bonds. The Balaban J connectivity index is 0.919. The van der Waals surface area contributed by atoms with Gasteiger partial charge in [0.15, 0.2) is 0 Å². The van der Waals surface area contributed by atoms with Crippen molar-refractivity contribution in [3.8, 4) is 44.5 Å². The standard InChI is InChI=1S/C60H39NO/c1-3-13-50-42(10-1)12-7-16-51(50)44-24-22-40(23-25-44)41-26-33-47(34-27-41)61(49-37-30-46(31-38-49)54-18-9-21-59-60(54)57-15-5-6-20-58(57)62-59)48-35-28-45(29-36-48)53-17-8-19-55-52-14-4-2-11-43(52)32-39-56(53)55/h1-39H. The molecule has 1 aromatic heterocycles. The summed E-state index contributed by atoms with van der Waals surface area (Å²) in [5.74, 6) is 0. The van der Waals surface area contributed by atoms with Crippen LogP contribution < -0.4 is 4.90 Å². The van der Waals surface area contributed by atoms with Gasteiger partial charge in [0.25, 0.3) is 0 Å². The molecule has 2 nitrogen and oxygen atoms in total. The van der Waals surface area contributed by atoms with Gasteiger partial charge >= 0.3 is 0 Å². The quantitative estimate of drug-likeness (QED) is 0.150. The fourth-order valence-corrected chi connectivity index (χ4v) is 9.46. The molecule has 290 valence electrons.